The fourth-order valence-electron chi connectivity index (χ4n) is 8.31. The standard InChI is InChI=1S/C35H46N4O4/c1-29(2)19-35(25-17-21(13-15-23(25)29)27-36(40)31(5,6)32(7,8)37(27)41)20-30(3,4)24-16-14-22(18-26(24)35)28-38(42)33(9,10)34(11,12)39(28)43/h13-18H,19-20H2,1-12H3. The molecule has 1 spiro atoms. The lowest BCUT2D eigenvalue weighted by Crippen LogP contribution is -2.53. The molecule has 0 saturated heterocycles. The maximum absolute atomic E-state index is 13.6. The van der Waals surface area contributed by atoms with Gasteiger partial charge in [-0.3, -0.25) is 9.48 Å². The van der Waals surface area contributed by atoms with Gasteiger partial charge in [0.05, 0.1) is 11.1 Å². The van der Waals surface area contributed by atoms with Crippen LogP contribution in [0, 0.1) is 10.4 Å². The quantitative estimate of drug-likeness (QED) is 0.305. The lowest BCUT2D eigenvalue weighted by atomic mass is 9.72. The first-order valence-corrected chi connectivity index (χ1v) is 15.4. The summed E-state index contributed by atoms with van der Waals surface area (Å²) in [7, 11) is 0. The highest BCUT2D eigenvalue weighted by atomic mass is 16.5. The van der Waals surface area contributed by atoms with E-state index < -0.39 is 27.6 Å². The number of amidine groups is 2. The Hall–Kier alpha value is -3.10. The van der Waals surface area contributed by atoms with Crippen LogP contribution in [0.1, 0.15) is 129 Å². The molecule has 230 valence electrons. The van der Waals surface area contributed by atoms with E-state index in [-0.39, 0.29) is 22.5 Å². The highest BCUT2D eigenvalue weighted by Gasteiger charge is 2.62. The van der Waals surface area contributed by atoms with Gasteiger partial charge in [-0.2, -0.15) is 0 Å². The summed E-state index contributed by atoms with van der Waals surface area (Å²) in [6.07, 6.45) is 1.67. The van der Waals surface area contributed by atoms with Crippen LogP contribution in [-0.4, -0.2) is 53.4 Å². The maximum atomic E-state index is 13.6. The molecule has 0 fully saturated rings. The minimum atomic E-state index is -0.911. The maximum Gasteiger partial charge on any atom is 0.316 e. The van der Waals surface area contributed by atoms with Crippen molar-refractivity contribution in [3.63, 3.8) is 0 Å². The van der Waals surface area contributed by atoms with E-state index in [9.17, 15) is 20.8 Å². The molecule has 0 amide bonds. The van der Waals surface area contributed by atoms with E-state index in [4.69, 9.17) is 0 Å². The number of hydrogen-bond acceptors (Lipinski definition) is 4. The topological polar surface area (TPSA) is 98.4 Å². The van der Waals surface area contributed by atoms with Gasteiger partial charge in [0.1, 0.15) is 11.1 Å². The molecule has 4 aliphatic rings. The molecule has 2 radical (unpaired) electrons. The van der Waals surface area contributed by atoms with Crippen molar-refractivity contribution in [3.05, 3.63) is 80.2 Å². The lowest BCUT2D eigenvalue weighted by molar-refractivity contribution is -0.539. The highest BCUT2D eigenvalue weighted by molar-refractivity contribution is 5.97. The number of benzene rings is 2. The molecule has 8 nitrogen and oxygen atoms in total. The molecule has 2 aromatic carbocycles. The zero-order valence-electron chi connectivity index (χ0n) is 27.8. The van der Waals surface area contributed by atoms with Crippen molar-refractivity contribution in [2.24, 2.45) is 0 Å². The van der Waals surface area contributed by atoms with E-state index in [0.717, 1.165) is 43.6 Å². The Morgan fingerprint density at radius 2 is 0.884 bits per heavy atom. The molecule has 0 unspecified atom stereocenters. The molecule has 0 aromatic heterocycles. The van der Waals surface area contributed by atoms with E-state index in [1.54, 1.807) is 0 Å². The monoisotopic (exact) mass is 586 g/mol. The molecule has 43 heavy (non-hydrogen) atoms. The van der Waals surface area contributed by atoms with Gasteiger partial charge >= 0.3 is 11.7 Å². The second kappa shape index (κ2) is 8.13. The van der Waals surface area contributed by atoms with E-state index in [1.165, 1.54) is 11.1 Å². The predicted octanol–water partition coefficient (Wildman–Crippen LogP) is 6.29. The average Bonchev–Trinajstić information content (AvgIpc) is 3.35. The molecule has 0 bridgehead atoms. The van der Waals surface area contributed by atoms with Crippen LogP contribution in [0.5, 0.6) is 0 Å². The largest absolute Gasteiger partial charge is 0.714 e. The molecule has 6 rings (SSSR count). The zero-order valence-corrected chi connectivity index (χ0v) is 27.8. The van der Waals surface area contributed by atoms with Crippen LogP contribution in [0.2, 0.25) is 0 Å². The third-order valence-electron chi connectivity index (χ3n) is 12.3. The molecule has 2 aliphatic heterocycles. The molecule has 2 aromatic rings. The molecule has 0 N–H and O–H groups in total. The van der Waals surface area contributed by atoms with E-state index in [2.05, 4.69) is 52.0 Å². The first kappa shape index (κ1) is 29.9. The number of hydroxylamine groups is 6. The van der Waals surface area contributed by atoms with Gasteiger partial charge < -0.3 is 10.4 Å². The highest BCUT2D eigenvalue weighted by Crippen LogP contribution is 2.63. The molecule has 0 saturated carbocycles. The smallest absolute Gasteiger partial charge is 0.316 e. The molecule has 2 aliphatic carbocycles. The third-order valence-corrected chi connectivity index (χ3v) is 12.3. The van der Waals surface area contributed by atoms with Crippen LogP contribution < -0.4 is 0 Å². The summed E-state index contributed by atoms with van der Waals surface area (Å²) in [6.45, 7) is 23.5. The van der Waals surface area contributed by atoms with Gasteiger partial charge in [-0.1, -0.05) is 50.0 Å². The Bertz CT molecular complexity index is 1520. The average molecular weight is 587 g/mol. The van der Waals surface area contributed by atoms with Gasteiger partial charge in [0, 0.05) is 15.8 Å². The summed E-state index contributed by atoms with van der Waals surface area (Å²) in [6, 6.07) is 12.2. The van der Waals surface area contributed by atoms with E-state index in [0.29, 0.717) is 11.1 Å². The van der Waals surface area contributed by atoms with Crippen molar-refractivity contribution in [1.29, 1.82) is 0 Å². The van der Waals surface area contributed by atoms with Crippen LogP contribution in [0.4, 0.5) is 0 Å². The zero-order chi connectivity index (χ0) is 32.1. The summed E-state index contributed by atoms with van der Waals surface area (Å²) in [4.78, 5) is 0. The summed E-state index contributed by atoms with van der Waals surface area (Å²) in [5.41, 5.74) is 1.46. The van der Waals surface area contributed by atoms with E-state index >= 15 is 0 Å². The SMILES string of the molecule is CC1(C)CC2(CC(C)(C)c3ccc(C4=[N+]([O-])C(C)(C)C(C)(C)N4[O])cc32)c2cc(C3=[N+]([O-])C(C)(C)C(C)(C)N3[O])ccc21. The normalized spacial score (nSPS) is 26.5. The molecular formula is C35H46N4O4. The lowest BCUT2D eigenvalue weighted by Gasteiger charge is -2.32. The Balaban J connectivity index is 1.58. The summed E-state index contributed by atoms with van der Waals surface area (Å²) in [5.74, 6) is 0.276. The van der Waals surface area contributed by atoms with Gasteiger partial charge in [-0.25, -0.2) is 0 Å². The number of rotatable bonds is 2. The molecule has 0 atom stereocenters. The van der Waals surface area contributed by atoms with E-state index in [1.807, 2.05) is 67.5 Å². The van der Waals surface area contributed by atoms with Crippen molar-refractivity contribution in [1.82, 2.24) is 10.1 Å². The van der Waals surface area contributed by atoms with Gasteiger partial charge in [0.25, 0.3) is 0 Å². The van der Waals surface area contributed by atoms with Crippen LogP contribution in [0.25, 0.3) is 0 Å². The van der Waals surface area contributed by atoms with Crippen molar-refractivity contribution in [2.45, 2.75) is 134 Å². The minimum Gasteiger partial charge on any atom is -0.714 e. The number of fused-ring (bicyclic) bond motifs is 4. The fourth-order valence-corrected chi connectivity index (χ4v) is 8.31. The molecule has 2 heterocycles. The summed E-state index contributed by atoms with van der Waals surface area (Å²) >= 11 is 0. The summed E-state index contributed by atoms with van der Waals surface area (Å²) < 4.78 is 1.76. The van der Waals surface area contributed by atoms with Crippen molar-refractivity contribution in [3.8, 4) is 0 Å². The van der Waals surface area contributed by atoms with Crippen LogP contribution >= 0.6 is 0 Å². The molecule has 8 heteroatoms. The Morgan fingerprint density at radius 3 is 1.16 bits per heavy atom. The van der Waals surface area contributed by atoms with Gasteiger partial charge in [0.15, 0.2) is 11.1 Å². The number of nitrogens with zero attached hydrogens (tertiary/aromatic N) is 4. The van der Waals surface area contributed by atoms with Crippen LogP contribution in [0.3, 0.4) is 0 Å². The van der Waals surface area contributed by atoms with Crippen molar-refractivity contribution in [2.75, 3.05) is 0 Å². The number of hydrogen-bond donors (Lipinski definition) is 0. The first-order chi connectivity index (χ1) is 19.5. The van der Waals surface area contributed by atoms with Gasteiger partial charge in [-0.05, 0) is 126 Å². The second-order valence-electron chi connectivity index (χ2n) is 16.8. The van der Waals surface area contributed by atoms with Crippen LogP contribution in [-0.2, 0) is 26.7 Å². The van der Waals surface area contributed by atoms with Crippen LogP contribution in [0.15, 0.2) is 36.4 Å². The van der Waals surface area contributed by atoms with Crippen molar-refractivity contribution < 1.29 is 19.9 Å². The van der Waals surface area contributed by atoms with Gasteiger partial charge in [0.2, 0.25) is 0 Å². The minimum absolute atomic E-state index is 0.138. The third kappa shape index (κ3) is 3.40. The Kier molecular flexibility index (Phi) is 5.66. The summed E-state index contributed by atoms with van der Waals surface area (Å²) in [5, 5.41) is 56.2. The van der Waals surface area contributed by atoms with Crippen molar-refractivity contribution >= 4 is 11.7 Å². The Morgan fingerprint density at radius 1 is 0.558 bits per heavy atom. The Labute approximate surface area is 256 Å². The second-order valence-corrected chi connectivity index (χ2v) is 16.8. The predicted molar refractivity (Wildman–Crippen MR) is 166 cm³/mol. The first-order valence-electron chi connectivity index (χ1n) is 15.4. The molecular weight excluding hydrogens is 540 g/mol. The fraction of sp³-hybridized carbons (Fsp3) is 0.600. The van der Waals surface area contributed by atoms with Gasteiger partial charge in [-0.15, -0.1) is 0 Å².